The normalized spacial score (nSPS) is 15.2. The number of carbonyl (C=O) groups is 1. The molecule has 2 rings (SSSR count). The van der Waals surface area contributed by atoms with Crippen molar-refractivity contribution in [1.82, 2.24) is 5.32 Å². The first-order valence-corrected chi connectivity index (χ1v) is 6.35. The summed E-state index contributed by atoms with van der Waals surface area (Å²) in [6, 6.07) is 5.71. The molecule has 3 N–H and O–H groups in total. The molecule has 1 aliphatic heterocycles. The summed E-state index contributed by atoms with van der Waals surface area (Å²) in [4.78, 5) is 14.1. The van der Waals surface area contributed by atoms with E-state index in [9.17, 15) is 4.79 Å². The molecule has 1 heterocycles. The second-order valence-corrected chi connectivity index (χ2v) is 5.78. The Labute approximate surface area is 108 Å². The van der Waals surface area contributed by atoms with Gasteiger partial charge in [-0.05, 0) is 51.3 Å². The maximum atomic E-state index is 12.3. The number of hydrogen-bond acceptors (Lipinski definition) is 2. The van der Waals surface area contributed by atoms with Gasteiger partial charge in [0.15, 0.2) is 0 Å². The molecule has 0 saturated carbocycles. The molecule has 0 aliphatic carbocycles. The molecular formula is C14H21N3O. The summed E-state index contributed by atoms with van der Waals surface area (Å²) in [7, 11) is 0. The molecule has 0 radical (unpaired) electrons. The summed E-state index contributed by atoms with van der Waals surface area (Å²) in [6.07, 6.45) is 1.90. The maximum Gasteiger partial charge on any atom is 0.322 e. The number of nitrogen functional groups attached to an aromatic ring is 1. The minimum atomic E-state index is -0.227. The number of nitrogens with zero attached hydrogens (tertiary/aromatic N) is 1. The molecule has 98 valence electrons. The van der Waals surface area contributed by atoms with E-state index in [0.717, 1.165) is 36.3 Å². The van der Waals surface area contributed by atoms with Crippen molar-refractivity contribution in [3.05, 3.63) is 23.8 Å². The Balaban J connectivity index is 2.28. The third-order valence-electron chi connectivity index (χ3n) is 3.01. The third kappa shape index (κ3) is 2.58. The fourth-order valence-corrected chi connectivity index (χ4v) is 2.25. The summed E-state index contributed by atoms with van der Waals surface area (Å²) >= 11 is 0. The van der Waals surface area contributed by atoms with Crippen molar-refractivity contribution in [2.24, 2.45) is 0 Å². The van der Waals surface area contributed by atoms with Gasteiger partial charge >= 0.3 is 6.03 Å². The lowest BCUT2D eigenvalue weighted by Gasteiger charge is -2.33. The van der Waals surface area contributed by atoms with Crippen LogP contribution in [0.3, 0.4) is 0 Å². The van der Waals surface area contributed by atoms with E-state index in [-0.39, 0.29) is 11.6 Å². The van der Waals surface area contributed by atoms with Crippen LogP contribution in [0.5, 0.6) is 0 Å². The van der Waals surface area contributed by atoms with Crippen molar-refractivity contribution >= 4 is 17.4 Å². The van der Waals surface area contributed by atoms with Gasteiger partial charge in [0.05, 0.1) is 5.69 Å². The Hall–Kier alpha value is -1.71. The number of rotatable bonds is 0. The number of anilines is 2. The Morgan fingerprint density at radius 3 is 2.78 bits per heavy atom. The number of nitrogens with one attached hydrogen (secondary N) is 1. The van der Waals surface area contributed by atoms with Crippen LogP contribution in [0.25, 0.3) is 0 Å². The Morgan fingerprint density at radius 2 is 2.11 bits per heavy atom. The van der Waals surface area contributed by atoms with Crippen molar-refractivity contribution in [2.75, 3.05) is 17.2 Å². The van der Waals surface area contributed by atoms with Gasteiger partial charge in [0.2, 0.25) is 0 Å². The van der Waals surface area contributed by atoms with E-state index in [1.165, 1.54) is 0 Å². The van der Waals surface area contributed by atoms with Crippen molar-refractivity contribution in [3.8, 4) is 0 Å². The van der Waals surface area contributed by atoms with Crippen LogP contribution in [-0.2, 0) is 6.42 Å². The fraction of sp³-hybridized carbons (Fsp3) is 0.500. The largest absolute Gasteiger partial charge is 0.398 e. The van der Waals surface area contributed by atoms with Crippen LogP contribution in [0.15, 0.2) is 18.2 Å². The summed E-state index contributed by atoms with van der Waals surface area (Å²) in [5.41, 5.74) is 8.56. The molecule has 0 spiro atoms. The van der Waals surface area contributed by atoms with E-state index in [4.69, 9.17) is 5.73 Å². The first kappa shape index (κ1) is 12.7. The average Bonchev–Trinajstić information content (AvgIpc) is 2.26. The van der Waals surface area contributed by atoms with Gasteiger partial charge in [-0.3, -0.25) is 4.90 Å². The Bertz CT molecular complexity index is 463. The number of urea groups is 1. The van der Waals surface area contributed by atoms with Gasteiger partial charge in [-0.15, -0.1) is 0 Å². The summed E-state index contributed by atoms with van der Waals surface area (Å²) < 4.78 is 0. The second kappa shape index (κ2) is 4.52. The van der Waals surface area contributed by atoms with Crippen molar-refractivity contribution in [3.63, 3.8) is 0 Å². The average molecular weight is 247 g/mol. The molecule has 4 nitrogen and oxygen atoms in total. The van der Waals surface area contributed by atoms with Crippen LogP contribution in [-0.4, -0.2) is 18.1 Å². The number of amides is 2. The number of carbonyl (C=O) groups excluding carboxylic acids is 1. The van der Waals surface area contributed by atoms with Crippen LogP contribution in [0.2, 0.25) is 0 Å². The molecular weight excluding hydrogens is 226 g/mol. The van der Waals surface area contributed by atoms with Crippen molar-refractivity contribution in [2.45, 2.75) is 39.2 Å². The predicted octanol–water partition coefficient (Wildman–Crippen LogP) is 2.53. The molecule has 4 heteroatoms. The van der Waals surface area contributed by atoms with E-state index < -0.39 is 0 Å². The number of hydrogen-bond donors (Lipinski definition) is 2. The molecule has 18 heavy (non-hydrogen) atoms. The molecule has 0 fully saturated rings. The Kier molecular flexibility index (Phi) is 3.20. The van der Waals surface area contributed by atoms with Crippen molar-refractivity contribution in [1.29, 1.82) is 0 Å². The molecule has 0 bridgehead atoms. The number of nitrogens with two attached hydrogens (primary N) is 1. The van der Waals surface area contributed by atoms with E-state index in [1.54, 1.807) is 4.90 Å². The Morgan fingerprint density at radius 1 is 1.39 bits per heavy atom. The molecule has 1 aliphatic rings. The zero-order valence-electron chi connectivity index (χ0n) is 11.3. The van der Waals surface area contributed by atoms with Crippen LogP contribution < -0.4 is 16.0 Å². The van der Waals surface area contributed by atoms with Crippen LogP contribution in [0.1, 0.15) is 32.8 Å². The van der Waals surface area contributed by atoms with E-state index >= 15 is 0 Å². The van der Waals surface area contributed by atoms with Gasteiger partial charge in [0.25, 0.3) is 0 Å². The summed E-state index contributed by atoms with van der Waals surface area (Å²) in [6.45, 7) is 6.69. The summed E-state index contributed by atoms with van der Waals surface area (Å²) in [5, 5.41) is 3.00. The van der Waals surface area contributed by atoms with Gasteiger partial charge in [-0.2, -0.15) is 0 Å². The van der Waals surface area contributed by atoms with E-state index in [2.05, 4.69) is 5.32 Å². The highest BCUT2D eigenvalue weighted by Crippen LogP contribution is 2.31. The fourth-order valence-electron chi connectivity index (χ4n) is 2.25. The highest BCUT2D eigenvalue weighted by Gasteiger charge is 2.25. The topological polar surface area (TPSA) is 58.4 Å². The zero-order valence-corrected chi connectivity index (χ0v) is 11.3. The van der Waals surface area contributed by atoms with E-state index in [0.29, 0.717) is 0 Å². The second-order valence-electron chi connectivity index (χ2n) is 5.78. The molecule has 0 saturated heterocycles. The predicted molar refractivity (Wildman–Crippen MR) is 74.8 cm³/mol. The monoisotopic (exact) mass is 247 g/mol. The van der Waals surface area contributed by atoms with Gasteiger partial charge < -0.3 is 11.1 Å². The van der Waals surface area contributed by atoms with Gasteiger partial charge in [0, 0.05) is 17.8 Å². The molecule has 2 amide bonds. The highest BCUT2D eigenvalue weighted by atomic mass is 16.2. The molecule has 0 unspecified atom stereocenters. The quantitative estimate of drug-likeness (QED) is 0.692. The van der Waals surface area contributed by atoms with Crippen LogP contribution in [0, 0.1) is 0 Å². The molecule has 0 atom stereocenters. The van der Waals surface area contributed by atoms with Crippen molar-refractivity contribution < 1.29 is 4.79 Å². The van der Waals surface area contributed by atoms with Gasteiger partial charge in [0.1, 0.15) is 0 Å². The van der Waals surface area contributed by atoms with E-state index in [1.807, 2.05) is 39.0 Å². The number of fused-ring (bicyclic) bond motifs is 1. The zero-order chi connectivity index (χ0) is 13.3. The number of benzene rings is 1. The first-order chi connectivity index (χ1) is 8.38. The third-order valence-corrected chi connectivity index (χ3v) is 3.01. The van der Waals surface area contributed by atoms with Gasteiger partial charge in [-0.25, -0.2) is 4.79 Å². The van der Waals surface area contributed by atoms with Gasteiger partial charge in [-0.1, -0.05) is 6.07 Å². The molecule has 0 aromatic heterocycles. The van der Waals surface area contributed by atoms with Crippen LogP contribution >= 0.6 is 0 Å². The standard InChI is InChI=1S/C14H21N3O/c1-14(2,3)16-13(18)17-9-5-6-10-11(15)7-4-8-12(10)17/h4,7-8H,5-6,9,15H2,1-3H3,(H,16,18). The highest BCUT2D eigenvalue weighted by molar-refractivity contribution is 5.94. The van der Waals surface area contributed by atoms with Crippen LogP contribution in [0.4, 0.5) is 16.2 Å². The molecule has 1 aromatic carbocycles. The minimum absolute atomic E-state index is 0.0472. The SMILES string of the molecule is CC(C)(C)NC(=O)N1CCCc2c(N)cccc21. The summed E-state index contributed by atoms with van der Waals surface area (Å²) in [5.74, 6) is 0. The maximum absolute atomic E-state index is 12.3. The molecule has 1 aromatic rings. The smallest absolute Gasteiger partial charge is 0.322 e. The minimum Gasteiger partial charge on any atom is -0.398 e. The first-order valence-electron chi connectivity index (χ1n) is 6.35. The lowest BCUT2D eigenvalue weighted by molar-refractivity contribution is 0.237. The lowest BCUT2D eigenvalue weighted by atomic mass is 10.00. The lowest BCUT2D eigenvalue weighted by Crippen LogP contribution is -2.50.